The number of nitrogens with zero attached hydrogens (tertiary/aromatic N) is 8. The summed E-state index contributed by atoms with van der Waals surface area (Å²) < 4.78 is 11.3. The van der Waals surface area contributed by atoms with Crippen LogP contribution in [0.3, 0.4) is 0 Å². The number of hydrogen-bond acceptors (Lipinski definition) is 8. The fourth-order valence-corrected chi connectivity index (χ4v) is 5.03. The summed E-state index contributed by atoms with van der Waals surface area (Å²) in [5.74, 6) is -0.159. The molecule has 0 aliphatic rings. The number of imidazole rings is 2. The predicted molar refractivity (Wildman–Crippen MR) is 167 cm³/mol. The highest BCUT2D eigenvalue weighted by atomic mass is 35.5. The molecule has 0 aliphatic heterocycles. The summed E-state index contributed by atoms with van der Waals surface area (Å²) in [4.78, 5) is 29.5. The minimum absolute atomic E-state index is 0.159. The van der Waals surface area contributed by atoms with E-state index in [1.165, 1.54) is 21.4 Å². The number of fused-ring (bicyclic) bond motifs is 4. The standard InChI is InChI=1S/C16H11ClN4O.C16H9ClN4O/c2*17-14-5-6-15-19-9-13(21(15)20-14)16(22)11-3-4-12-10(8-11)2-1-7-18-12/h1-9,16,22H;1-9H/i16D;. The Hall–Kier alpha value is -5.29. The monoisotopic (exact) mass is 619 g/mol. The van der Waals surface area contributed by atoms with E-state index in [4.69, 9.17) is 24.6 Å². The van der Waals surface area contributed by atoms with Crippen molar-refractivity contribution in [2.24, 2.45) is 0 Å². The second kappa shape index (κ2) is 11.4. The van der Waals surface area contributed by atoms with E-state index < -0.39 is 6.08 Å². The molecule has 1 atom stereocenters. The van der Waals surface area contributed by atoms with Crippen LogP contribution in [0.4, 0.5) is 0 Å². The van der Waals surface area contributed by atoms with Gasteiger partial charge in [0.2, 0.25) is 5.78 Å². The van der Waals surface area contributed by atoms with E-state index in [1.54, 1.807) is 60.9 Å². The molecule has 44 heavy (non-hydrogen) atoms. The van der Waals surface area contributed by atoms with Gasteiger partial charge in [-0.15, -0.1) is 0 Å². The van der Waals surface area contributed by atoms with E-state index in [0.717, 1.165) is 21.8 Å². The van der Waals surface area contributed by atoms with Crippen LogP contribution < -0.4 is 0 Å². The first-order valence-corrected chi connectivity index (χ1v) is 14.0. The highest BCUT2D eigenvalue weighted by Crippen LogP contribution is 2.25. The van der Waals surface area contributed by atoms with E-state index >= 15 is 0 Å². The molecule has 2 aromatic carbocycles. The molecular weight excluding hydrogens is 599 g/mol. The van der Waals surface area contributed by atoms with Crippen LogP contribution in [0.25, 0.3) is 33.1 Å². The van der Waals surface area contributed by atoms with E-state index in [1.807, 2.05) is 36.4 Å². The van der Waals surface area contributed by atoms with Crippen molar-refractivity contribution in [3.63, 3.8) is 0 Å². The van der Waals surface area contributed by atoms with Gasteiger partial charge in [-0.25, -0.2) is 19.0 Å². The van der Waals surface area contributed by atoms with Gasteiger partial charge in [-0.05, 0) is 72.3 Å². The molecule has 0 fully saturated rings. The molecule has 0 bridgehead atoms. The number of halogens is 2. The average Bonchev–Trinajstić information content (AvgIpc) is 3.68. The lowest BCUT2D eigenvalue weighted by Crippen LogP contribution is -2.07. The topological polar surface area (TPSA) is 123 Å². The molecule has 0 spiro atoms. The average molecular weight is 620 g/mol. The number of aromatic nitrogens is 8. The summed E-state index contributed by atoms with van der Waals surface area (Å²) in [7, 11) is 0. The van der Waals surface area contributed by atoms with Crippen molar-refractivity contribution in [2.45, 2.75) is 6.08 Å². The van der Waals surface area contributed by atoms with Gasteiger partial charge in [0.1, 0.15) is 22.1 Å². The third-order valence-corrected chi connectivity index (χ3v) is 7.28. The van der Waals surface area contributed by atoms with Crippen molar-refractivity contribution in [3.05, 3.63) is 143 Å². The molecule has 0 saturated heterocycles. The number of ketones is 1. The smallest absolute Gasteiger partial charge is 0.213 e. The highest BCUT2D eigenvalue weighted by Gasteiger charge is 2.18. The molecule has 0 aliphatic carbocycles. The SMILES string of the molecule is O=C(c1ccc2ncccc2c1)c1cnc2ccc(Cl)nn12.[2H]C(O)(c1ccc2ncccc2c1)c1cnc2ccc(Cl)nn12. The summed E-state index contributed by atoms with van der Waals surface area (Å²) in [6, 6.07) is 24.7. The van der Waals surface area contributed by atoms with Crippen LogP contribution in [0, 0.1) is 0 Å². The molecule has 8 aromatic rings. The van der Waals surface area contributed by atoms with Gasteiger partial charge in [0.05, 0.1) is 30.5 Å². The molecule has 6 heterocycles. The second-order valence-corrected chi connectivity index (χ2v) is 10.4. The van der Waals surface area contributed by atoms with Gasteiger partial charge in [-0.2, -0.15) is 10.2 Å². The molecule has 12 heteroatoms. The van der Waals surface area contributed by atoms with E-state index in [0.29, 0.717) is 33.3 Å². The zero-order valence-electron chi connectivity index (χ0n) is 23.6. The zero-order valence-corrected chi connectivity index (χ0v) is 24.1. The van der Waals surface area contributed by atoms with Gasteiger partial charge >= 0.3 is 0 Å². The van der Waals surface area contributed by atoms with Crippen molar-refractivity contribution in [2.75, 3.05) is 0 Å². The fourth-order valence-electron chi connectivity index (χ4n) is 4.75. The molecule has 0 amide bonds. The quantitative estimate of drug-likeness (QED) is 0.232. The molecule has 1 unspecified atom stereocenters. The first kappa shape index (κ1) is 26.3. The Bertz CT molecular complexity index is 2390. The summed E-state index contributed by atoms with van der Waals surface area (Å²) in [5.41, 5.74) is 4.29. The number of aliphatic hydroxyl groups is 1. The lowest BCUT2D eigenvalue weighted by molar-refractivity contribution is 0.103. The highest BCUT2D eigenvalue weighted by molar-refractivity contribution is 6.29. The molecule has 6 aromatic heterocycles. The van der Waals surface area contributed by atoms with Crippen molar-refractivity contribution < 1.29 is 11.3 Å². The number of carbonyl (C=O) groups is 1. The maximum Gasteiger partial charge on any atom is 0.213 e. The Morgan fingerprint density at radius 1 is 0.727 bits per heavy atom. The van der Waals surface area contributed by atoms with E-state index in [9.17, 15) is 9.90 Å². The molecule has 8 rings (SSSR count). The van der Waals surface area contributed by atoms with Crippen molar-refractivity contribution in [3.8, 4) is 0 Å². The molecule has 0 radical (unpaired) electrons. The van der Waals surface area contributed by atoms with Crippen LogP contribution in [0.1, 0.15) is 34.8 Å². The number of benzene rings is 2. The van der Waals surface area contributed by atoms with Crippen LogP contribution in [0.15, 0.2) is 110 Å². The van der Waals surface area contributed by atoms with Gasteiger partial charge < -0.3 is 5.11 Å². The zero-order chi connectivity index (χ0) is 31.1. The van der Waals surface area contributed by atoms with Crippen LogP contribution in [0.2, 0.25) is 10.3 Å². The van der Waals surface area contributed by atoms with Crippen LogP contribution in [0.5, 0.6) is 0 Å². The Morgan fingerprint density at radius 2 is 1.34 bits per heavy atom. The van der Waals surface area contributed by atoms with Crippen molar-refractivity contribution in [1.29, 1.82) is 0 Å². The molecule has 1 N–H and O–H groups in total. The van der Waals surface area contributed by atoms with Crippen molar-refractivity contribution in [1.82, 2.24) is 39.2 Å². The summed E-state index contributed by atoms with van der Waals surface area (Å²) in [6.45, 7) is 0. The number of carbonyl (C=O) groups excluding carboxylic acids is 1. The molecule has 10 nitrogen and oxygen atoms in total. The van der Waals surface area contributed by atoms with Crippen LogP contribution in [-0.2, 0) is 0 Å². The minimum Gasteiger partial charge on any atom is -0.382 e. The lowest BCUT2D eigenvalue weighted by atomic mass is 10.0. The van der Waals surface area contributed by atoms with Gasteiger partial charge in [0, 0.05) is 28.7 Å². The van der Waals surface area contributed by atoms with Crippen molar-refractivity contribution >= 4 is 62.1 Å². The Balaban J connectivity index is 0.000000145. The number of rotatable bonds is 4. The first-order valence-electron chi connectivity index (χ1n) is 13.8. The lowest BCUT2D eigenvalue weighted by Gasteiger charge is -2.11. The third kappa shape index (κ3) is 5.22. The molecule has 214 valence electrons. The number of pyridine rings is 2. The van der Waals surface area contributed by atoms with E-state index in [2.05, 4.69) is 30.1 Å². The maximum atomic E-state index is 12.7. The normalized spacial score (nSPS) is 13.0. The maximum absolute atomic E-state index is 12.7. The van der Waals surface area contributed by atoms with E-state index in [-0.39, 0.29) is 16.6 Å². The van der Waals surface area contributed by atoms with Crippen LogP contribution in [-0.4, -0.2) is 50.1 Å². The predicted octanol–water partition coefficient (Wildman–Crippen LogP) is 6.17. The van der Waals surface area contributed by atoms with Crippen LogP contribution >= 0.6 is 23.2 Å². The molecule has 0 saturated carbocycles. The summed E-state index contributed by atoms with van der Waals surface area (Å²) >= 11 is 11.8. The minimum atomic E-state index is -2.01. The first-order chi connectivity index (χ1) is 21.8. The largest absolute Gasteiger partial charge is 0.382 e. The fraction of sp³-hybridized carbons (Fsp3) is 0.0312. The number of hydrogen-bond donors (Lipinski definition) is 1. The Kier molecular flexibility index (Phi) is 6.84. The second-order valence-electron chi connectivity index (χ2n) is 9.64. The third-order valence-electron chi connectivity index (χ3n) is 6.88. The van der Waals surface area contributed by atoms with Gasteiger partial charge in [0.15, 0.2) is 11.3 Å². The summed E-state index contributed by atoms with van der Waals surface area (Å²) in [5, 5.41) is 21.4. The summed E-state index contributed by atoms with van der Waals surface area (Å²) in [6.07, 6.45) is 4.35. The van der Waals surface area contributed by atoms with Gasteiger partial charge in [-0.3, -0.25) is 14.8 Å². The van der Waals surface area contributed by atoms with Gasteiger partial charge in [-0.1, -0.05) is 41.4 Å². The Morgan fingerprint density at radius 3 is 2.07 bits per heavy atom. The van der Waals surface area contributed by atoms with Gasteiger partial charge in [0.25, 0.3) is 0 Å². The molecular formula is C32H20Cl2N8O2. The Labute approximate surface area is 260 Å².